The van der Waals surface area contributed by atoms with Crippen LogP contribution in [0.5, 0.6) is 0 Å². The summed E-state index contributed by atoms with van der Waals surface area (Å²) in [5, 5.41) is 10.3. The Hall–Kier alpha value is -2.26. The highest BCUT2D eigenvalue weighted by molar-refractivity contribution is 6.33. The summed E-state index contributed by atoms with van der Waals surface area (Å²) in [5.74, 6) is -1.14. The molecule has 0 atom stereocenters. The maximum atomic E-state index is 10.9. The lowest BCUT2D eigenvalue weighted by molar-refractivity contribution is 0.0665. The minimum atomic E-state index is -1.07. The summed E-state index contributed by atoms with van der Waals surface area (Å²) in [6, 6.07) is 14.5. The summed E-state index contributed by atoms with van der Waals surface area (Å²) in [4.78, 5) is 10.9. The van der Waals surface area contributed by atoms with Gasteiger partial charge in [-0.05, 0) is 23.8 Å². The van der Waals surface area contributed by atoms with Crippen LogP contribution >= 0.6 is 11.6 Å². The first kappa shape index (κ1) is 11.8. The molecule has 19 heavy (non-hydrogen) atoms. The molecule has 0 aliphatic carbocycles. The summed E-state index contributed by atoms with van der Waals surface area (Å²) in [6.45, 7) is 0. The highest BCUT2D eigenvalue weighted by Gasteiger charge is 2.11. The van der Waals surface area contributed by atoms with E-state index in [0.717, 1.165) is 16.5 Å². The van der Waals surface area contributed by atoms with Gasteiger partial charge in [-0.25, -0.2) is 4.79 Å². The van der Waals surface area contributed by atoms with Crippen LogP contribution in [-0.4, -0.2) is 11.1 Å². The van der Waals surface area contributed by atoms with Crippen LogP contribution in [0.15, 0.2) is 52.9 Å². The molecule has 1 heterocycles. The molecule has 1 N–H and O–H groups in total. The Morgan fingerprint density at radius 1 is 1.11 bits per heavy atom. The van der Waals surface area contributed by atoms with Gasteiger partial charge in [-0.2, -0.15) is 0 Å². The van der Waals surface area contributed by atoms with Gasteiger partial charge < -0.3 is 9.52 Å². The normalized spacial score (nSPS) is 10.8. The van der Waals surface area contributed by atoms with Crippen molar-refractivity contribution in [2.75, 3.05) is 0 Å². The number of hydrogen-bond acceptors (Lipinski definition) is 2. The molecule has 0 saturated carbocycles. The van der Waals surface area contributed by atoms with Crippen LogP contribution in [0.2, 0.25) is 5.02 Å². The first-order valence-corrected chi connectivity index (χ1v) is 6.05. The van der Waals surface area contributed by atoms with E-state index < -0.39 is 5.97 Å². The zero-order chi connectivity index (χ0) is 13.4. The van der Waals surface area contributed by atoms with Crippen molar-refractivity contribution >= 4 is 28.5 Å². The first-order chi connectivity index (χ1) is 9.15. The van der Waals surface area contributed by atoms with Crippen molar-refractivity contribution in [2.24, 2.45) is 0 Å². The lowest BCUT2D eigenvalue weighted by atomic mass is 10.0. The number of hydrogen-bond donors (Lipinski definition) is 1. The van der Waals surface area contributed by atoms with E-state index in [4.69, 9.17) is 21.1 Å². The minimum absolute atomic E-state index is 0.0636. The van der Waals surface area contributed by atoms with Crippen molar-refractivity contribution in [1.82, 2.24) is 0 Å². The molecule has 3 nitrogen and oxygen atoms in total. The lowest BCUT2D eigenvalue weighted by Gasteiger charge is -2.03. The molecule has 0 bridgehead atoms. The first-order valence-electron chi connectivity index (χ1n) is 5.67. The zero-order valence-corrected chi connectivity index (χ0v) is 10.5. The van der Waals surface area contributed by atoms with Crippen LogP contribution in [0.1, 0.15) is 10.6 Å². The Morgan fingerprint density at radius 3 is 2.63 bits per heavy atom. The number of carboxylic acid groups (broad SMARTS) is 1. The maximum Gasteiger partial charge on any atom is 0.371 e. The van der Waals surface area contributed by atoms with Gasteiger partial charge in [0.15, 0.2) is 0 Å². The third kappa shape index (κ3) is 2.09. The smallest absolute Gasteiger partial charge is 0.371 e. The van der Waals surface area contributed by atoms with E-state index in [2.05, 4.69) is 0 Å². The fraction of sp³-hybridized carbons (Fsp3) is 0. The molecule has 3 rings (SSSR count). The van der Waals surface area contributed by atoms with E-state index in [1.165, 1.54) is 6.07 Å². The summed E-state index contributed by atoms with van der Waals surface area (Å²) < 4.78 is 5.29. The second-order valence-corrected chi connectivity index (χ2v) is 4.56. The predicted molar refractivity (Wildman–Crippen MR) is 73.6 cm³/mol. The average Bonchev–Trinajstić information content (AvgIpc) is 2.82. The summed E-state index contributed by atoms with van der Waals surface area (Å²) in [7, 11) is 0. The fourth-order valence-corrected chi connectivity index (χ4v) is 2.24. The number of carboxylic acids is 1. The van der Waals surface area contributed by atoms with E-state index in [1.54, 1.807) is 6.07 Å². The Kier molecular flexibility index (Phi) is 2.76. The van der Waals surface area contributed by atoms with Gasteiger partial charge in [0.25, 0.3) is 0 Å². The van der Waals surface area contributed by atoms with Crippen LogP contribution in [0, 0.1) is 0 Å². The van der Waals surface area contributed by atoms with Crippen LogP contribution in [0.4, 0.5) is 0 Å². The van der Waals surface area contributed by atoms with Gasteiger partial charge in [0.05, 0.1) is 0 Å². The largest absolute Gasteiger partial charge is 0.475 e. The van der Waals surface area contributed by atoms with E-state index in [1.807, 2.05) is 36.4 Å². The molecule has 0 aliphatic rings. The predicted octanol–water partition coefficient (Wildman–Crippen LogP) is 4.45. The molecule has 0 unspecified atom stereocenters. The van der Waals surface area contributed by atoms with E-state index in [-0.39, 0.29) is 5.76 Å². The molecule has 2 aromatic carbocycles. The molecule has 4 heteroatoms. The van der Waals surface area contributed by atoms with Crippen LogP contribution in [0.3, 0.4) is 0 Å². The molecule has 0 aliphatic heterocycles. The van der Waals surface area contributed by atoms with Gasteiger partial charge in [0.1, 0.15) is 5.58 Å². The summed E-state index contributed by atoms with van der Waals surface area (Å²) >= 11 is 6.14. The third-order valence-corrected chi connectivity index (χ3v) is 3.25. The van der Waals surface area contributed by atoms with Crippen LogP contribution < -0.4 is 0 Å². The highest BCUT2D eigenvalue weighted by atomic mass is 35.5. The summed E-state index contributed by atoms with van der Waals surface area (Å²) in [5.41, 5.74) is 2.32. The molecular weight excluding hydrogens is 264 g/mol. The number of furan rings is 1. The topological polar surface area (TPSA) is 50.4 Å². The van der Waals surface area contributed by atoms with E-state index >= 15 is 0 Å². The molecule has 1 aromatic heterocycles. The standard InChI is InChI=1S/C15H9ClO3/c16-12-4-2-1-3-11(12)9-5-6-10-8-14(15(17)18)19-13(10)7-9/h1-8H,(H,17,18). The molecule has 0 saturated heterocycles. The summed E-state index contributed by atoms with van der Waals surface area (Å²) in [6.07, 6.45) is 0. The van der Waals surface area contributed by atoms with Crippen molar-refractivity contribution in [1.29, 1.82) is 0 Å². The second-order valence-electron chi connectivity index (χ2n) is 4.15. The molecule has 0 amide bonds. The Morgan fingerprint density at radius 2 is 1.89 bits per heavy atom. The third-order valence-electron chi connectivity index (χ3n) is 2.92. The molecule has 0 fully saturated rings. The van der Waals surface area contributed by atoms with Crippen molar-refractivity contribution < 1.29 is 14.3 Å². The number of benzene rings is 2. The number of rotatable bonds is 2. The van der Waals surface area contributed by atoms with Gasteiger partial charge in [-0.3, -0.25) is 0 Å². The van der Waals surface area contributed by atoms with Crippen molar-refractivity contribution in [2.45, 2.75) is 0 Å². The van der Waals surface area contributed by atoms with Crippen molar-refractivity contribution in [3.8, 4) is 11.1 Å². The minimum Gasteiger partial charge on any atom is -0.475 e. The zero-order valence-electron chi connectivity index (χ0n) is 9.76. The Labute approximate surface area is 114 Å². The highest BCUT2D eigenvalue weighted by Crippen LogP contribution is 2.31. The molecule has 0 spiro atoms. The molecule has 94 valence electrons. The molecular formula is C15H9ClO3. The second kappa shape index (κ2) is 4.44. The van der Waals surface area contributed by atoms with Gasteiger partial charge >= 0.3 is 5.97 Å². The van der Waals surface area contributed by atoms with Crippen LogP contribution in [0.25, 0.3) is 22.1 Å². The van der Waals surface area contributed by atoms with Gasteiger partial charge in [-0.1, -0.05) is 41.9 Å². The maximum absolute atomic E-state index is 10.9. The molecule has 0 radical (unpaired) electrons. The van der Waals surface area contributed by atoms with Gasteiger partial charge in [0.2, 0.25) is 5.76 Å². The fourth-order valence-electron chi connectivity index (χ4n) is 2.00. The van der Waals surface area contributed by atoms with E-state index in [0.29, 0.717) is 10.6 Å². The molecule has 3 aromatic rings. The number of carbonyl (C=O) groups is 1. The Bertz CT molecular complexity index is 774. The van der Waals surface area contributed by atoms with Crippen molar-refractivity contribution in [3.05, 3.63) is 59.3 Å². The van der Waals surface area contributed by atoms with Gasteiger partial charge in [-0.15, -0.1) is 0 Å². The van der Waals surface area contributed by atoms with E-state index in [9.17, 15) is 4.79 Å². The SMILES string of the molecule is O=C(O)c1cc2ccc(-c3ccccc3Cl)cc2o1. The average molecular weight is 273 g/mol. The van der Waals surface area contributed by atoms with Gasteiger partial charge in [0, 0.05) is 16.0 Å². The number of aromatic carboxylic acids is 1. The van der Waals surface area contributed by atoms with Crippen LogP contribution in [-0.2, 0) is 0 Å². The quantitative estimate of drug-likeness (QED) is 0.750. The number of halogens is 1. The monoisotopic (exact) mass is 272 g/mol. The Balaban J connectivity index is 2.16. The number of fused-ring (bicyclic) bond motifs is 1. The van der Waals surface area contributed by atoms with Crippen molar-refractivity contribution in [3.63, 3.8) is 0 Å². The lowest BCUT2D eigenvalue weighted by Crippen LogP contribution is -1.91.